The molecule has 2 aromatic rings. The van der Waals surface area contributed by atoms with Crippen LogP contribution in [0.2, 0.25) is 0 Å². The monoisotopic (exact) mass is 305 g/mol. The molecule has 0 aliphatic carbocycles. The van der Waals surface area contributed by atoms with E-state index in [-0.39, 0.29) is 5.69 Å². The number of benzene rings is 1. The van der Waals surface area contributed by atoms with Gasteiger partial charge >= 0.3 is 18.0 Å². The van der Waals surface area contributed by atoms with Gasteiger partial charge in [0.2, 0.25) is 0 Å². The maximum atomic E-state index is 12.8. The van der Waals surface area contributed by atoms with E-state index in [1.807, 2.05) is 0 Å². The van der Waals surface area contributed by atoms with Crippen molar-refractivity contribution in [1.29, 1.82) is 0 Å². The highest BCUT2D eigenvalue weighted by molar-refractivity contribution is 5.96. The maximum Gasteiger partial charge on any atom is 0.463 e. The lowest BCUT2D eigenvalue weighted by molar-refractivity contribution is -0.267. The highest BCUT2D eigenvalue weighted by atomic mass is 19.4. The molecule has 0 saturated heterocycles. The highest BCUT2D eigenvalue weighted by Crippen LogP contribution is 2.36. The summed E-state index contributed by atoms with van der Waals surface area (Å²) in [6.07, 6.45) is -3.01. The molecule has 0 aliphatic heterocycles. The van der Waals surface area contributed by atoms with Crippen LogP contribution in [0.25, 0.3) is 11.3 Å². The van der Waals surface area contributed by atoms with Gasteiger partial charge in [-0.15, -0.1) is 0 Å². The summed E-state index contributed by atoms with van der Waals surface area (Å²) in [6.45, 7) is 0. The molecule has 1 aromatic carbocycles. The van der Waals surface area contributed by atoms with Gasteiger partial charge in [-0.3, -0.25) is 4.79 Å². The minimum atomic E-state index is -5.94. The minimum Gasteiger partial charge on any atom is -0.345 e. The molecule has 2 rings (SSSR count). The first-order valence-electron chi connectivity index (χ1n) is 5.56. The number of carbonyl (C=O) groups is 1. The Morgan fingerprint density at radius 2 is 1.71 bits per heavy atom. The fourth-order valence-electron chi connectivity index (χ4n) is 1.49. The van der Waals surface area contributed by atoms with Gasteiger partial charge in [0.25, 0.3) is 0 Å². The molecule has 0 aliphatic rings. The van der Waals surface area contributed by atoms with Gasteiger partial charge in [-0.25, -0.2) is 4.98 Å². The van der Waals surface area contributed by atoms with Crippen molar-refractivity contribution in [3.8, 4) is 11.3 Å². The molecule has 21 heavy (non-hydrogen) atoms. The van der Waals surface area contributed by atoms with Crippen LogP contribution in [0.4, 0.5) is 27.6 Å². The number of H-pyrrole nitrogens is 1. The number of hydrogen-bond donors (Lipinski definition) is 2. The second kappa shape index (κ2) is 5.15. The lowest BCUT2D eigenvalue weighted by Crippen LogP contribution is -2.47. The third-order valence-corrected chi connectivity index (χ3v) is 2.59. The lowest BCUT2D eigenvalue weighted by atomic mass is 10.1. The Morgan fingerprint density at radius 3 is 2.19 bits per heavy atom. The number of imidazole rings is 1. The lowest BCUT2D eigenvalue weighted by Gasteiger charge is -2.18. The molecule has 0 bridgehead atoms. The number of amides is 1. The Morgan fingerprint density at radius 1 is 1.10 bits per heavy atom. The molecule has 0 unspecified atom stereocenters. The Hall–Kier alpha value is -2.45. The zero-order valence-electron chi connectivity index (χ0n) is 10.2. The Labute approximate surface area is 115 Å². The zero-order chi connectivity index (χ0) is 15.7. The standard InChI is InChI=1S/C12H8F5N3O/c13-11(14,12(15,16)17)10(21)20-8-3-1-7(2-4-8)9-5-18-6-19-9/h1-6H,(H,18,19)(H,20,21). The molecule has 0 radical (unpaired) electrons. The van der Waals surface area contributed by atoms with Crippen LogP contribution >= 0.6 is 0 Å². The van der Waals surface area contributed by atoms with Gasteiger partial charge in [-0.2, -0.15) is 22.0 Å². The molecule has 9 heteroatoms. The first kappa shape index (κ1) is 14.9. The normalized spacial score (nSPS) is 12.2. The Bertz CT molecular complexity index is 619. The van der Waals surface area contributed by atoms with Gasteiger partial charge < -0.3 is 10.3 Å². The predicted molar refractivity (Wildman–Crippen MR) is 63.7 cm³/mol. The van der Waals surface area contributed by atoms with Crippen molar-refractivity contribution < 1.29 is 26.7 Å². The van der Waals surface area contributed by atoms with Crippen molar-refractivity contribution in [1.82, 2.24) is 9.97 Å². The molecule has 0 spiro atoms. The van der Waals surface area contributed by atoms with Gasteiger partial charge in [-0.1, -0.05) is 12.1 Å². The molecule has 112 valence electrons. The SMILES string of the molecule is O=C(Nc1ccc(-c2cnc[nH]2)cc1)C(F)(F)C(F)(F)F. The summed E-state index contributed by atoms with van der Waals surface area (Å²) in [6, 6.07) is 5.30. The van der Waals surface area contributed by atoms with Gasteiger partial charge in [0.15, 0.2) is 0 Å². The summed E-state index contributed by atoms with van der Waals surface area (Å²) < 4.78 is 61.6. The molecule has 0 fully saturated rings. The molecule has 0 atom stereocenters. The van der Waals surface area contributed by atoms with E-state index in [0.29, 0.717) is 11.3 Å². The zero-order valence-corrected chi connectivity index (χ0v) is 10.2. The van der Waals surface area contributed by atoms with Crippen molar-refractivity contribution in [3.05, 3.63) is 36.8 Å². The van der Waals surface area contributed by atoms with Crippen molar-refractivity contribution in [2.45, 2.75) is 12.1 Å². The van der Waals surface area contributed by atoms with Crippen molar-refractivity contribution in [2.75, 3.05) is 5.32 Å². The van der Waals surface area contributed by atoms with Crippen LogP contribution in [-0.2, 0) is 4.79 Å². The smallest absolute Gasteiger partial charge is 0.345 e. The van der Waals surface area contributed by atoms with Crippen LogP contribution in [0.15, 0.2) is 36.8 Å². The molecule has 0 saturated carbocycles. The average Bonchev–Trinajstić information content (AvgIpc) is 2.92. The van der Waals surface area contributed by atoms with Crippen molar-refractivity contribution in [3.63, 3.8) is 0 Å². The number of carbonyl (C=O) groups excluding carboxylic acids is 1. The fraction of sp³-hybridized carbons (Fsp3) is 0.167. The number of aromatic nitrogens is 2. The topological polar surface area (TPSA) is 57.8 Å². The van der Waals surface area contributed by atoms with Crippen molar-refractivity contribution in [2.24, 2.45) is 0 Å². The second-order valence-corrected chi connectivity index (χ2v) is 4.07. The number of rotatable bonds is 3. The van der Waals surface area contributed by atoms with Crippen LogP contribution in [0.1, 0.15) is 0 Å². The van der Waals surface area contributed by atoms with E-state index in [1.165, 1.54) is 42.1 Å². The average molecular weight is 305 g/mol. The van der Waals surface area contributed by atoms with Gasteiger partial charge in [-0.05, 0) is 17.7 Å². The predicted octanol–water partition coefficient (Wildman–Crippen LogP) is 3.21. The first-order valence-corrected chi connectivity index (χ1v) is 5.56. The molecule has 1 aromatic heterocycles. The van der Waals surface area contributed by atoms with Gasteiger partial charge in [0.1, 0.15) is 0 Å². The van der Waals surface area contributed by atoms with Crippen LogP contribution in [-0.4, -0.2) is 28.0 Å². The molecule has 2 N–H and O–H groups in total. The van der Waals surface area contributed by atoms with E-state index in [0.717, 1.165) is 0 Å². The Balaban J connectivity index is 2.12. The number of hydrogen-bond acceptors (Lipinski definition) is 2. The molecular formula is C12H8F5N3O. The quantitative estimate of drug-likeness (QED) is 0.856. The maximum absolute atomic E-state index is 12.8. The minimum absolute atomic E-state index is 0.174. The second-order valence-electron chi connectivity index (χ2n) is 4.07. The van der Waals surface area contributed by atoms with E-state index < -0.39 is 18.0 Å². The third-order valence-electron chi connectivity index (χ3n) is 2.59. The summed E-state index contributed by atoms with van der Waals surface area (Å²) in [7, 11) is 0. The van der Waals surface area contributed by atoms with E-state index >= 15 is 0 Å². The summed E-state index contributed by atoms with van der Waals surface area (Å²) in [5.41, 5.74) is 1.09. The Kier molecular flexibility index (Phi) is 3.67. The molecular weight excluding hydrogens is 297 g/mol. The number of nitrogens with zero attached hydrogens (tertiary/aromatic N) is 1. The van der Waals surface area contributed by atoms with Crippen LogP contribution < -0.4 is 5.32 Å². The van der Waals surface area contributed by atoms with E-state index in [4.69, 9.17) is 0 Å². The van der Waals surface area contributed by atoms with E-state index in [1.54, 1.807) is 0 Å². The first-order chi connectivity index (χ1) is 9.72. The van der Waals surface area contributed by atoms with E-state index in [9.17, 15) is 26.7 Å². The summed E-state index contributed by atoms with van der Waals surface area (Å²) in [5, 5.41) is 1.53. The number of nitrogens with one attached hydrogen (secondary N) is 2. The summed E-state index contributed by atoms with van der Waals surface area (Å²) >= 11 is 0. The van der Waals surface area contributed by atoms with Crippen molar-refractivity contribution >= 4 is 11.6 Å². The summed E-state index contributed by atoms with van der Waals surface area (Å²) in [5.74, 6) is -7.88. The number of aromatic amines is 1. The number of halogens is 5. The highest BCUT2D eigenvalue weighted by Gasteiger charge is 2.63. The molecule has 1 amide bonds. The number of anilines is 1. The summed E-state index contributed by atoms with van der Waals surface area (Å²) in [4.78, 5) is 17.6. The fourth-order valence-corrected chi connectivity index (χ4v) is 1.49. The van der Waals surface area contributed by atoms with Crippen LogP contribution in [0, 0.1) is 0 Å². The number of alkyl halides is 5. The largest absolute Gasteiger partial charge is 0.463 e. The van der Waals surface area contributed by atoms with Gasteiger partial charge in [0, 0.05) is 5.69 Å². The molecule has 4 nitrogen and oxygen atoms in total. The van der Waals surface area contributed by atoms with E-state index in [2.05, 4.69) is 9.97 Å². The van der Waals surface area contributed by atoms with Gasteiger partial charge in [0.05, 0.1) is 18.2 Å². The third kappa shape index (κ3) is 3.01. The van der Waals surface area contributed by atoms with Crippen LogP contribution in [0.5, 0.6) is 0 Å². The molecule has 1 heterocycles. The van der Waals surface area contributed by atoms with Crippen LogP contribution in [0.3, 0.4) is 0 Å².